The van der Waals surface area contributed by atoms with Crippen LogP contribution in [0.2, 0.25) is 0 Å². The van der Waals surface area contributed by atoms with Gasteiger partial charge in [-0.3, -0.25) is 4.79 Å². The maximum absolute atomic E-state index is 11.0. The third-order valence-corrected chi connectivity index (χ3v) is 4.36. The summed E-state index contributed by atoms with van der Waals surface area (Å²) in [6.07, 6.45) is 1.29. The highest BCUT2D eigenvalue weighted by molar-refractivity contribution is 5.75. The number of carboxylic acid groups (broad SMARTS) is 1. The van der Waals surface area contributed by atoms with Gasteiger partial charge in [0.2, 0.25) is 0 Å². The quantitative estimate of drug-likeness (QED) is 0.873. The number of carboxylic acids is 1. The molecule has 1 aliphatic rings. The van der Waals surface area contributed by atoms with E-state index in [0.717, 1.165) is 24.6 Å². The Balaban J connectivity index is 1.86. The van der Waals surface area contributed by atoms with Gasteiger partial charge in [0, 0.05) is 19.6 Å². The lowest BCUT2D eigenvalue weighted by Gasteiger charge is -2.21. The van der Waals surface area contributed by atoms with Crippen molar-refractivity contribution >= 4 is 5.97 Å². The van der Waals surface area contributed by atoms with E-state index in [-0.39, 0.29) is 0 Å². The van der Waals surface area contributed by atoms with E-state index < -0.39 is 11.9 Å². The van der Waals surface area contributed by atoms with Crippen molar-refractivity contribution in [2.45, 2.75) is 25.8 Å². The van der Waals surface area contributed by atoms with Gasteiger partial charge in [-0.1, -0.05) is 24.3 Å². The SMILES string of the molecule is CC(C(=O)O)c1ccc(CN(C)CC2CCN(C)C2)cc1. The monoisotopic (exact) mass is 290 g/mol. The Morgan fingerprint density at radius 3 is 2.62 bits per heavy atom. The second-order valence-corrected chi connectivity index (χ2v) is 6.42. The topological polar surface area (TPSA) is 43.8 Å². The summed E-state index contributed by atoms with van der Waals surface area (Å²) in [5.41, 5.74) is 2.11. The first-order valence-corrected chi connectivity index (χ1v) is 7.64. The minimum atomic E-state index is -0.773. The first-order valence-electron chi connectivity index (χ1n) is 7.64. The summed E-state index contributed by atoms with van der Waals surface area (Å²) < 4.78 is 0. The molecule has 2 unspecified atom stereocenters. The van der Waals surface area contributed by atoms with Crippen molar-refractivity contribution in [2.75, 3.05) is 33.7 Å². The molecule has 0 aliphatic carbocycles. The van der Waals surface area contributed by atoms with Gasteiger partial charge < -0.3 is 14.9 Å². The summed E-state index contributed by atoms with van der Waals surface area (Å²) in [6, 6.07) is 7.97. The predicted molar refractivity (Wildman–Crippen MR) is 84.4 cm³/mol. The fraction of sp³-hybridized carbons (Fsp3) is 0.588. The van der Waals surface area contributed by atoms with Crippen LogP contribution in [0.4, 0.5) is 0 Å². The minimum Gasteiger partial charge on any atom is -0.481 e. The second kappa shape index (κ2) is 7.05. The maximum Gasteiger partial charge on any atom is 0.310 e. The molecule has 1 aromatic carbocycles. The lowest BCUT2D eigenvalue weighted by molar-refractivity contribution is -0.138. The molecule has 0 saturated carbocycles. The summed E-state index contributed by atoms with van der Waals surface area (Å²) in [7, 11) is 4.34. The van der Waals surface area contributed by atoms with E-state index in [2.05, 4.69) is 23.9 Å². The van der Waals surface area contributed by atoms with Gasteiger partial charge in [0.05, 0.1) is 5.92 Å². The fourth-order valence-electron chi connectivity index (χ4n) is 3.05. The first kappa shape index (κ1) is 16.0. The summed E-state index contributed by atoms with van der Waals surface area (Å²) >= 11 is 0. The van der Waals surface area contributed by atoms with Crippen molar-refractivity contribution in [1.29, 1.82) is 0 Å². The number of rotatable bonds is 6. The van der Waals surface area contributed by atoms with Crippen LogP contribution in [0.15, 0.2) is 24.3 Å². The van der Waals surface area contributed by atoms with E-state index in [1.54, 1.807) is 6.92 Å². The number of carbonyl (C=O) groups is 1. The number of likely N-dealkylation sites (tertiary alicyclic amines) is 1. The van der Waals surface area contributed by atoms with Gasteiger partial charge in [-0.15, -0.1) is 0 Å². The molecular formula is C17H26N2O2. The average molecular weight is 290 g/mol. The van der Waals surface area contributed by atoms with Crippen LogP contribution in [-0.4, -0.2) is 54.6 Å². The van der Waals surface area contributed by atoms with Crippen LogP contribution < -0.4 is 0 Å². The normalized spacial score (nSPS) is 20.9. The number of aliphatic carboxylic acids is 1. The Kier molecular flexibility index (Phi) is 5.37. The van der Waals surface area contributed by atoms with Crippen LogP contribution in [-0.2, 0) is 11.3 Å². The van der Waals surface area contributed by atoms with Crippen molar-refractivity contribution in [3.05, 3.63) is 35.4 Å². The maximum atomic E-state index is 11.0. The molecule has 2 rings (SSSR count). The van der Waals surface area contributed by atoms with Crippen molar-refractivity contribution < 1.29 is 9.90 Å². The molecule has 0 spiro atoms. The summed E-state index contributed by atoms with van der Waals surface area (Å²) in [4.78, 5) is 15.7. The minimum absolute atomic E-state index is 0.439. The largest absolute Gasteiger partial charge is 0.481 e. The zero-order valence-electron chi connectivity index (χ0n) is 13.2. The zero-order valence-corrected chi connectivity index (χ0v) is 13.2. The average Bonchev–Trinajstić information content (AvgIpc) is 2.83. The fourth-order valence-corrected chi connectivity index (χ4v) is 3.05. The second-order valence-electron chi connectivity index (χ2n) is 6.42. The molecule has 1 aliphatic heterocycles. The molecule has 0 radical (unpaired) electrons. The smallest absolute Gasteiger partial charge is 0.310 e. The molecule has 4 nitrogen and oxygen atoms in total. The molecular weight excluding hydrogens is 264 g/mol. The van der Waals surface area contributed by atoms with Crippen molar-refractivity contribution in [2.24, 2.45) is 5.92 Å². The van der Waals surface area contributed by atoms with E-state index in [1.807, 2.05) is 24.3 Å². The van der Waals surface area contributed by atoms with Crippen molar-refractivity contribution in [1.82, 2.24) is 9.80 Å². The van der Waals surface area contributed by atoms with E-state index in [4.69, 9.17) is 5.11 Å². The Labute approximate surface area is 127 Å². The van der Waals surface area contributed by atoms with Crippen LogP contribution in [0.1, 0.15) is 30.4 Å². The third kappa shape index (κ3) is 4.55. The van der Waals surface area contributed by atoms with Crippen LogP contribution in [0.3, 0.4) is 0 Å². The van der Waals surface area contributed by atoms with Crippen LogP contribution in [0.5, 0.6) is 0 Å². The van der Waals surface area contributed by atoms with E-state index in [0.29, 0.717) is 0 Å². The lowest BCUT2D eigenvalue weighted by atomic mass is 10.00. The van der Waals surface area contributed by atoms with E-state index >= 15 is 0 Å². The highest BCUT2D eigenvalue weighted by Crippen LogP contribution is 2.18. The van der Waals surface area contributed by atoms with Gasteiger partial charge in [0.25, 0.3) is 0 Å². The van der Waals surface area contributed by atoms with Crippen LogP contribution >= 0.6 is 0 Å². The Morgan fingerprint density at radius 2 is 2.10 bits per heavy atom. The molecule has 1 heterocycles. The van der Waals surface area contributed by atoms with Crippen molar-refractivity contribution in [3.8, 4) is 0 Å². The first-order chi connectivity index (χ1) is 9.95. The molecule has 2 atom stereocenters. The van der Waals surface area contributed by atoms with E-state index in [1.165, 1.54) is 25.1 Å². The number of nitrogens with zero attached hydrogens (tertiary/aromatic N) is 2. The molecule has 1 fully saturated rings. The molecule has 4 heteroatoms. The highest BCUT2D eigenvalue weighted by Gasteiger charge is 2.20. The summed E-state index contributed by atoms with van der Waals surface area (Å²) in [6.45, 7) is 6.17. The van der Waals surface area contributed by atoms with Gasteiger partial charge in [0.15, 0.2) is 0 Å². The van der Waals surface area contributed by atoms with E-state index in [9.17, 15) is 4.79 Å². The highest BCUT2D eigenvalue weighted by atomic mass is 16.4. The molecule has 116 valence electrons. The van der Waals surface area contributed by atoms with Gasteiger partial charge in [0.1, 0.15) is 0 Å². The number of hydrogen-bond acceptors (Lipinski definition) is 3. The molecule has 0 bridgehead atoms. The van der Waals surface area contributed by atoms with Gasteiger partial charge in [-0.25, -0.2) is 0 Å². The predicted octanol–water partition coefficient (Wildman–Crippen LogP) is 2.26. The molecule has 21 heavy (non-hydrogen) atoms. The van der Waals surface area contributed by atoms with Crippen LogP contribution in [0.25, 0.3) is 0 Å². The standard InChI is InChI=1S/C17H26N2O2/c1-13(17(20)21)16-6-4-14(5-7-16)10-19(3)12-15-8-9-18(2)11-15/h4-7,13,15H,8-12H2,1-3H3,(H,20,21). The Bertz CT molecular complexity index is 472. The van der Waals surface area contributed by atoms with Gasteiger partial charge in [-0.2, -0.15) is 0 Å². The van der Waals surface area contributed by atoms with Crippen LogP contribution in [0, 0.1) is 5.92 Å². The molecule has 1 N–H and O–H groups in total. The number of hydrogen-bond donors (Lipinski definition) is 1. The van der Waals surface area contributed by atoms with Crippen molar-refractivity contribution in [3.63, 3.8) is 0 Å². The third-order valence-electron chi connectivity index (χ3n) is 4.36. The van der Waals surface area contributed by atoms with Gasteiger partial charge in [-0.05, 0) is 51.0 Å². The molecule has 0 aromatic heterocycles. The Hall–Kier alpha value is -1.39. The Morgan fingerprint density at radius 1 is 1.43 bits per heavy atom. The summed E-state index contributed by atoms with van der Waals surface area (Å²) in [5, 5.41) is 9.02. The molecule has 1 aromatic rings. The lowest BCUT2D eigenvalue weighted by Crippen LogP contribution is -2.27. The zero-order chi connectivity index (χ0) is 15.4. The number of benzene rings is 1. The summed E-state index contributed by atoms with van der Waals surface area (Å²) in [5.74, 6) is -0.442. The van der Waals surface area contributed by atoms with Gasteiger partial charge >= 0.3 is 5.97 Å². The molecule has 1 saturated heterocycles. The molecule has 0 amide bonds.